The van der Waals surface area contributed by atoms with Crippen LogP contribution in [0.3, 0.4) is 0 Å². The molecule has 6 heteroatoms. The van der Waals surface area contributed by atoms with Crippen molar-refractivity contribution in [1.82, 2.24) is 20.5 Å². The van der Waals surface area contributed by atoms with Crippen molar-refractivity contribution < 1.29 is 0 Å². The average Bonchev–Trinajstić information content (AvgIpc) is 2.68. The zero-order valence-corrected chi connectivity index (χ0v) is 19.4. The summed E-state index contributed by atoms with van der Waals surface area (Å²) in [7, 11) is 1.81. The number of fused-ring (bicyclic) bond motifs is 1. The van der Waals surface area contributed by atoms with Crippen LogP contribution in [0.4, 0.5) is 0 Å². The molecule has 1 aromatic carbocycles. The molecule has 2 aromatic rings. The van der Waals surface area contributed by atoms with Gasteiger partial charge in [0.1, 0.15) is 0 Å². The molecule has 0 bridgehead atoms. The Morgan fingerprint density at radius 1 is 1.19 bits per heavy atom. The van der Waals surface area contributed by atoms with Crippen LogP contribution in [0, 0.1) is 0 Å². The third kappa shape index (κ3) is 7.62. The highest BCUT2D eigenvalue weighted by atomic mass is 127. The number of rotatable bonds is 9. The molecule has 2 N–H and O–H groups in total. The fourth-order valence-electron chi connectivity index (χ4n) is 3.15. The maximum absolute atomic E-state index is 4.53. The van der Waals surface area contributed by atoms with Gasteiger partial charge in [0.15, 0.2) is 5.96 Å². The van der Waals surface area contributed by atoms with Gasteiger partial charge < -0.3 is 15.5 Å². The Hall–Kier alpha value is -1.41. The Morgan fingerprint density at radius 2 is 1.93 bits per heavy atom. The van der Waals surface area contributed by atoms with Gasteiger partial charge in [-0.1, -0.05) is 38.1 Å². The van der Waals surface area contributed by atoms with Gasteiger partial charge in [-0.2, -0.15) is 0 Å². The van der Waals surface area contributed by atoms with Crippen molar-refractivity contribution in [2.45, 2.75) is 46.2 Å². The molecule has 1 unspecified atom stereocenters. The predicted molar refractivity (Wildman–Crippen MR) is 127 cm³/mol. The van der Waals surface area contributed by atoms with Crippen molar-refractivity contribution in [3.8, 4) is 0 Å². The van der Waals surface area contributed by atoms with Crippen molar-refractivity contribution in [3.63, 3.8) is 0 Å². The predicted octanol–water partition coefficient (Wildman–Crippen LogP) is 4.03. The van der Waals surface area contributed by atoms with Crippen LogP contribution in [0.5, 0.6) is 0 Å². The van der Waals surface area contributed by atoms with E-state index in [0.29, 0.717) is 12.6 Å². The number of pyridine rings is 1. The van der Waals surface area contributed by atoms with Crippen molar-refractivity contribution >= 4 is 40.7 Å². The number of hydrogen-bond acceptors (Lipinski definition) is 3. The van der Waals surface area contributed by atoms with E-state index in [2.05, 4.69) is 70.5 Å². The summed E-state index contributed by atoms with van der Waals surface area (Å²) in [6.45, 7) is 10.7. The van der Waals surface area contributed by atoms with Crippen LogP contribution in [-0.4, -0.2) is 48.6 Å². The van der Waals surface area contributed by atoms with Crippen molar-refractivity contribution in [2.75, 3.05) is 26.7 Å². The molecule has 0 saturated carbocycles. The second kappa shape index (κ2) is 12.9. The first-order valence-corrected chi connectivity index (χ1v) is 9.70. The molecule has 1 heterocycles. The highest BCUT2D eigenvalue weighted by molar-refractivity contribution is 14.0. The Morgan fingerprint density at radius 3 is 2.63 bits per heavy atom. The van der Waals surface area contributed by atoms with Gasteiger partial charge >= 0.3 is 0 Å². The molecule has 0 fully saturated rings. The summed E-state index contributed by atoms with van der Waals surface area (Å²) >= 11 is 0. The largest absolute Gasteiger partial charge is 0.354 e. The van der Waals surface area contributed by atoms with E-state index in [-0.39, 0.29) is 24.0 Å². The smallest absolute Gasteiger partial charge is 0.191 e. The Kier molecular flexibility index (Phi) is 11.3. The van der Waals surface area contributed by atoms with E-state index in [4.69, 9.17) is 0 Å². The molecule has 27 heavy (non-hydrogen) atoms. The highest BCUT2D eigenvalue weighted by Gasteiger charge is 2.08. The molecule has 1 atom stereocenters. The van der Waals surface area contributed by atoms with E-state index < -0.39 is 0 Å². The molecule has 1 aromatic heterocycles. The first-order valence-electron chi connectivity index (χ1n) is 9.70. The van der Waals surface area contributed by atoms with Gasteiger partial charge in [0.05, 0.1) is 12.2 Å². The van der Waals surface area contributed by atoms with E-state index in [1.165, 1.54) is 17.2 Å². The summed E-state index contributed by atoms with van der Waals surface area (Å²) in [6, 6.07) is 10.8. The van der Waals surface area contributed by atoms with Gasteiger partial charge in [0.25, 0.3) is 0 Å². The minimum Gasteiger partial charge on any atom is -0.354 e. The van der Waals surface area contributed by atoms with Gasteiger partial charge in [-0.3, -0.25) is 9.98 Å². The molecular formula is C21H34IN5. The van der Waals surface area contributed by atoms with E-state index in [0.717, 1.165) is 37.7 Å². The number of aliphatic imine (C=N–C) groups is 1. The highest BCUT2D eigenvalue weighted by Crippen LogP contribution is 2.15. The Balaban J connectivity index is 0.00000364. The zero-order valence-electron chi connectivity index (χ0n) is 17.0. The first kappa shape index (κ1) is 23.6. The van der Waals surface area contributed by atoms with Crippen molar-refractivity contribution in [2.24, 2.45) is 4.99 Å². The molecular weight excluding hydrogens is 449 g/mol. The van der Waals surface area contributed by atoms with Crippen molar-refractivity contribution in [3.05, 3.63) is 42.2 Å². The van der Waals surface area contributed by atoms with E-state index in [1.807, 2.05) is 19.3 Å². The molecule has 0 spiro atoms. The summed E-state index contributed by atoms with van der Waals surface area (Å²) < 4.78 is 0. The van der Waals surface area contributed by atoms with Crippen LogP contribution < -0.4 is 10.6 Å². The third-order valence-corrected chi connectivity index (χ3v) is 4.79. The van der Waals surface area contributed by atoms with Crippen LogP contribution in [0.1, 0.15) is 39.3 Å². The van der Waals surface area contributed by atoms with Gasteiger partial charge in [0, 0.05) is 24.7 Å². The number of nitrogens with one attached hydrogen (secondary N) is 2. The van der Waals surface area contributed by atoms with Gasteiger partial charge in [-0.15, -0.1) is 24.0 Å². The number of aromatic nitrogens is 1. The number of hydrogen-bond donors (Lipinski definition) is 2. The number of guanidine groups is 1. The van der Waals surface area contributed by atoms with Gasteiger partial charge in [-0.05, 0) is 50.9 Å². The lowest BCUT2D eigenvalue weighted by molar-refractivity contribution is 0.292. The Labute approximate surface area is 181 Å². The quantitative estimate of drug-likeness (QED) is 0.321. The summed E-state index contributed by atoms with van der Waals surface area (Å²) in [5, 5.41) is 9.28. The fourth-order valence-corrected chi connectivity index (χ4v) is 3.15. The van der Waals surface area contributed by atoms with Gasteiger partial charge in [0.2, 0.25) is 0 Å². The second-order valence-electron chi connectivity index (χ2n) is 6.62. The summed E-state index contributed by atoms with van der Waals surface area (Å²) in [4.78, 5) is 11.3. The monoisotopic (exact) mass is 483 g/mol. The van der Waals surface area contributed by atoms with Crippen molar-refractivity contribution in [1.29, 1.82) is 0 Å². The second-order valence-corrected chi connectivity index (χ2v) is 6.62. The van der Waals surface area contributed by atoms with Crippen LogP contribution in [-0.2, 0) is 6.54 Å². The molecule has 0 aliphatic carbocycles. The first-order chi connectivity index (χ1) is 12.7. The number of benzene rings is 1. The molecule has 2 rings (SSSR count). The zero-order chi connectivity index (χ0) is 18.8. The molecule has 0 aliphatic rings. The van der Waals surface area contributed by atoms with Gasteiger partial charge in [-0.25, -0.2) is 0 Å². The molecule has 0 radical (unpaired) electrons. The van der Waals surface area contributed by atoms with E-state index in [9.17, 15) is 0 Å². The molecule has 0 amide bonds. The summed E-state index contributed by atoms with van der Waals surface area (Å²) in [5.41, 5.74) is 1.04. The minimum absolute atomic E-state index is 0. The average molecular weight is 483 g/mol. The lowest BCUT2D eigenvalue weighted by Gasteiger charge is -2.21. The van der Waals surface area contributed by atoms with E-state index >= 15 is 0 Å². The van der Waals surface area contributed by atoms with E-state index in [1.54, 1.807) is 0 Å². The molecule has 5 nitrogen and oxygen atoms in total. The standard InChI is InChI=1S/C21H33N5.HI/c1-5-26(6-2)15-9-10-17(3)25-21(22-4)24-16-20-19-12-8-7-11-18(19)13-14-23-20;/h7-8,11-14,17H,5-6,9-10,15-16H2,1-4H3,(H2,22,24,25);1H. The number of nitrogens with zero attached hydrogens (tertiary/aromatic N) is 3. The van der Waals surface area contributed by atoms with Crippen LogP contribution in [0.25, 0.3) is 10.8 Å². The lowest BCUT2D eigenvalue weighted by atomic mass is 10.1. The summed E-state index contributed by atoms with van der Waals surface area (Å²) in [6.07, 6.45) is 4.19. The molecule has 0 aliphatic heterocycles. The fraction of sp³-hybridized carbons (Fsp3) is 0.524. The minimum atomic E-state index is 0. The normalized spacial score (nSPS) is 12.7. The molecule has 0 saturated heterocycles. The third-order valence-electron chi connectivity index (χ3n) is 4.79. The maximum atomic E-state index is 4.53. The Bertz CT molecular complexity index is 695. The SMILES string of the molecule is CCN(CC)CCCC(C)NC(=NC)NCc1nccc2ccccc12.I. The summed E-state index contributed by atoms with van der Waals surface area (Å²) in [5.74, 6) is 0.829. The van der Waals surface area contributed by atoms with Crippen LogP contribution in [0.15, 0.2) is 41.5 Å². The lowest BCUT2D eigenvalue weighted by Crippen LogP contribution is -2.42. The van der Waals surface area contributed by atoms with Crippen LogP contribution >= 0.6 is 24.0 Å². The molecule has 150 valence electrons. The maximum Gasteiger partial charge on any atom is 0.191 e. The topological polar surface area (TPSA) is 52.5 Å². The number of halogens is 1. The van der Waals surface area contributed by atoms with Crippen LogP contribution in [0.2, 0.25) is 0 Å².